The van der Waals surface area contributed by atoms with E-state index in [2.05, 4.69) is 20.8 Å². The second-order valence-electron chi connectivity index (χ2n) is 4.31. The molecule has 0 unspecified atom stereocenters. The van der Waals surface area contributed by atoms with Crippen LogP contribution in [0, 0.1) is 5.41 Å². The Morgan fingerprint density at radius 1 is 1.33 bits per heavy atom. The molecule has 2 heteroatoms. The molecule has 0 N–H and O–H groups in total. The van der Waals surface area contributed by atoms with Crippen molar-refractivity contribution in [1.29, 1.82) is 0 Å². The van der Waals surface area contributed by atoms with Gasteiger partial charge in [-0.1, -0.05) is 27.2 Å². The molecule has 0 bridgehead atoms. The molecule has 0 aliphatic heterocycles. The van der Waals surface area contributed by atoms with Crippen LogP contribution in [0.5, 0.6) is 0 Å². The standard InChI is InChI=1S/C10H21NO/c1-6-10(2,3)8-7-9(12)11(4)5/h6-8H2,1-5H3. The number of hydrogen-bond acceptors (Lipinski definition) is 1. The number of hydrogen-bond donors (Lipinski definition) is 0. The summed E-state index contributed by atoms with van der Waals surface area (Å²) < 4.78 is 0. The molecule has 2 nitrogen and oxygen atoms in total. The van der Waals surface area contributed by atoms with Gasteiger partial charge in [0.25, 0.3) is 0 Å². The molecule has 12 heavy (non-hydrogen) atoms. The van der Waals surface area contributed by atoms with Gasteiger partial charge in [0, 0.05) is 20.5 Å². The zero-order valence-electron chi connectivity index (χ0n) is 8.98. The van der Waals surface area contributed by atoms with Crippen LogP contribution in [0.3, 0.4) is 0 Å². The Bertz CT molecular complexity index is 150. The van der Waals surface area contributed by atoms with Crippen LogP contribution in [0.15, 0.2) is 0 Å². The van der Waals surface area contributed by atoms with Gasteiger partial charge in [-0.2, -0.15) is 0 Å². The van der Waals surface area contributed by atoms with E-state index >= 15 is 0 Å². The van der Waals surface area contributed by atoms with E-state index in [4.69, 9.17) is 0 Å². The zero-order valence-corrected chi connectivity index (χ0v) is 8.98. The van der Waals surface area contributed by atoms with Crippen LogP contribution in [0.1, 0.15) is 40.0 Å². The van der Waals surface area contributed by atoms with Crippen molar-refractivity contribution >= 4 is 5.91 Å². The number of nitrogens with zero attached hydrogens (tertiary/aromatic N) is 1. The lowest BCUT2D eigenvalue weighted by Crippen LogP contribution is -2.23. The van der Waals surface area contributed by atoms with E-state index in [0.717, 1.165) is 12.8 Å². The normalized spacial score (nSPS) is 11.4. The van der Waals surface area contributed by atoms with Crippen LogP contribution in [-0.2, 0) is 4.79 Å². The first-order chi connectivity index (χ1) is 5.39. The third kappa shape index (κ3) is 4.37. The summed E-state index contributed by atoms with van der Waals surface area (Å²) in [6.45, 7) is 6.58. The summed E-state index contributed by atoms with van der Waals surface area (Å²) in [5.74, 6) is 0.233. The van der Waals surface area contributed by atoms with Gasteiger partial charge in [-0.3, -0.25) is 4.79 Å². The monoisotopic (exact) mass is 171 g/mol. The van der Waals surface area contributed by atoms with Gasteiger partial charge >= 0.3 is 0 Å². The molecule has 1 amide bonds. The van der Waals surface area contributed by atoms with E-state index in [1.165, 1.54) is 0 Å². The molecule has 0 fully saturated rings. The molecule has 0 aromatic rings. The van der Waals surface area contributed by atoms with Crippen molar-refractivity contribution in [3.63, 3.8) is 0 Å². The third-order valence-electron chi connectivity index (χ3n) is 2.47. The van der Waals surface area contributed by atoms with Gasteiger partial charge in [0.1, 0.15) is 0 Å². The topological polar surface area (TPSA) is 20.3 Å². The summed E-state index contributed by atoms with van der Waals surface area (Å²) >= 11 is 0. The van der Waals surface area contributed by atoms with Crippen molar-refractivity contribution in [1.82, 2.24) is 4.90 Å². The van der Waals surface area contributed by atoms with Gasteiger partial charge in [-0.25, -0.2) is 0 Å². The Labute approximate surface area is 75.9 Å². The Hall–Kier alpha value is -0.530. The smallest absolute Gasteiger partial charge is 0.222 e. The third-order valence-corrected chi connectivity index (χ3v) is 2.47. The summed E-state index contributed by atoms with van der Waals surface area (Å²) in [5.41, 5.74) is 0.311. The highest BCUT2D eigenvalue weighted by Gasteiger charge is 2.17. The molecule has 72 valence electrons. The summed E-state index contributed by atoms with van der Waals surface area (Å²) in [6.07, 6.45) is 2.79. The minimum Gasteiger partial charge on any atom is -0.349 e. The van der Waals surface area contributed by atoms with E-state index in [1.54, 1.807) is 19.0 Å². The summed E-state index contributed by atoms with van der Waals surface area (Å²) in [6, 6.07) is 0. The molecule has 0 aliphatic carbocycles. The van der Waals surface area contributed by atoms with Crippen molar-refractivity contribution in [2.24, 2.45) is 5.41 Å². The molecule has 0 rings (SSSR count). The number of rotatable bonds is 4. The van der Waals surface area contributed by atoms with Crippen LogP contribution < -0.4 is 0 Å². The van der Waals surface area contributed by atoms with Crippen molar-refractivity contribution < 1.29 is 4.79 Å². The first kappa shape index (κ1) is 11.5. The maximum Gasteiger partial charge on any atom is 0.222 e. The van der Waals surface area contributed by atoms with Gasteiger partial charge < -0.3 is 4.90 Å². The van der Waals surface area contributed by atoms with Crippen LogP contribution in [0.4, 0.5) is 0 Å². The second kappa shape index (κ2) is 4.48. The van der Waals surface area contributed by atoms with Crippen molar-refractivity contribution in [3.05, 3.63) is 0 Å². The summed E-state index contributed by atoms with van der Waals surface area (Å²) in [4.78, 5) is 12.9. The van der Waals surface area contributed by atoms with Crippen LogP contribution in [0.25, 0.3) is 0 Å². The predicted molar refractivity (Wildman–Crippen MR) is 52.0 cm³/mol. The maximum absolute atomic E-state index is 11.2. The molecule has 0 aromatic heterocycles. The maximum atomic E-state index is 11.2. The molecular weight excluding hydrogens is 150 g/mol. The second-order valence-corrected chi connectivity index (χ2v) is 4.31. The summed E-state index contributed by atoms with van der Waals surface area (Å²) in [5, 5.41) is 0. The molecule has 0 atom stereocenters. The van der Waals surface area contributed by atoms with Crippen LogP contribution >= 0.6 is 0 Å². The van der Waals surface area contributed by atoms with E-state index in [0.29, 0.717) is 11.8 Å². The first-order valence-electron chi connectivity index (χ1n) is 4.59. The van der Waals surface area contributed by atoms with E-state index in [9.17, 15) is 4.79 Å². The van der Waals surface area contributed by atoms with E-state index < -0.39 is 0 Å². The van der Waals surface area contributed by atoms with Gasteiger partial charge in [0.05, 0.1) is 0 Å². The summed E-state index contributed by atoms with van der Waals surface area (Å²) in [7, 11) is 3.61. The van der Waals surface area contributed by atoms with Crippen LogP contribution in [0.2, 0.25) is 0 Å². The molecule has 0 heterocycles. The fourth-order valence-corrected chi connectivity index (χ4v) is 0.846. The highest BCUT2D eigenvalue weighted by molar-refractivity contribution is 5.75. The lowest BCUT2D eigenvalue weighted by molar-refractivity contribution is -0.129. The molecule has 0 saturated carbocycles. The van der Waals surface area contributed by atoms with E-state index in [-0.39, 0.29) is 5.91 Å². The van der Waals surface area contributed by atoms with Gasteiger partial charge in [0.15, 0.2) is 0 Å². The van der Waals surface area contributed by atoms with Crippen molar-refractivity contribution in [2.75, 3.05) is 14.1 Å². The SMILES string of the molecule is CCC(C)(C)CCC(=O)N(C)C. The quantitative estimate of drug-likeness (QED) is 0.635. The molecule has 0 aliphatic rings. The highest BCUT2D eigenvalue weighted by atomic mass is 16.2. The first-order valence-corrected chi connectivity index (χ1v) is 4.59. The fraction of sp³-hybridized carbons (Fsp3) is 0.900. The van der Waals surface area contributed by atoms with E-state index in [1.807, 2.05) is 0 Å². The van der Waals surface area contributed by atoms with Gasteiger partial charge in [-0.15, -0.1) is 0 Å². The molecule has 0 saturated heterocycles. The average Bonchev–Trinajstić information content (AvgIpc) is 2.00. The predicted octanol–water partition coefficient (Wildman–Crippen LogP) is 2.29. The average molecular weight is 171 g/mol. The number of amides is 1. The molecule has 0 spiro atoms. The van der Waals surface area contributed by atoms with Crippen LogP contribution in [-0.4, -0.2) is 24.9 Å². The number of carbonyl (C=O) groups is 1. The largest absolute Gasteiger partial charge is 0.349 e. The Balaban J connectivity index is 3.76. The lowest BCUT2D eigenvalue weighted by Gasteiger charge is -2.22. The Kier molecular flexibility index (Phi) is 4.29. The Morgan fingerprint density at radius 2 is 1.83 bits per heavy atom. The minimum absolute atomic E-state index is 0.233. The van der Waals surface area contributed by atoms with Crippen molar-refractivity contribution in [3.8, 4) is 0 Å². The number of carbonyl (C=O) groups excluding carboxylic acids is 1. The highest BCUT2D eigenvalue weighted by Crippen LogP contribution is 2.25. The van der Waals surface area contributed by atoms with Gasteiger partial charge in [0.2, 0.25) is 5.91 Å². The zero-order chi connectivity index (χ0) is 9.78. The molecular formula is C10H21NO. The fourth-order valence-electron chi connectivity index (χ4n) is 0.846. The lowest BCUT2D eigenvalue weighted by atomic mass is 9.85. The Morgan fingerprint density at radius 3 is 2.17 bits per heavy atom. The van der Waals surface area contributed by atoms with Crippen molar-refractivity contribution in [2.45, 2.75) is 40.0 Å². The minimum atomic E-state index is 0.233. The molecule has 0 radical (unpaired) electrons. The van der Waals surface area contributed by atoms with Gasteiger partial charge in [-0.05, 0) is 11.8 Å². The molecule has 0 aromatic carbocycles.